The molecule has 1 aromatic carbocycles. The number of benzene rings is 1. The van der Waals surface area contributed by atoms with Crippen LogP contribution in [0.1, 0.15) is 51.0 Å². The molecule has 1 N–H and O–H groups in total. The Labute approximate surface area is 147 Å². The van der Waals surface area contributed by atoms with Crippen LogP contribution in [0.2, 0.25) is 0 Å². The molecule has 24 heavy (non-hydrogen) atoms. The van der Waals surface area contributed by atoms with Crippen molar-refractivity contribution in [2.24, 2.45) is 5.92 Å². The Hall–Kier alpha value is -0.900. The SMILES string of the molecule is CN(C)CC1CN(C2(c3ccccc3)CCCCC2)CCC1(C)O. The maximum absolute atomic E-state index is 10.9. The molecule has 1 saturated heterocycles. The quantitative estimate of drug-likeness (QED) is 0.915. The first-order valence-corrected chi connectivity index (χ1v) is 9.62. The number of hydrogen-bond acceptors (Lipinski definition) is 3. The molecule has 2 atom stereocenters. The van der Waals surface area contributed by atoms with Crippen LogP contribution in [0, 0.1) is 5.92 Å². The van der Waals surface area contributed by atoms with Gasteiger partial charge in [-0.25, -0.2) is 0 Å². The van der Waals surface area contributed by atoms with Gasteiger partial charge in [-0.2, -0.15) is 0 Å². The maximum Gasteiger partial charge on any atom is 0.0684 e. The van der Waals surface area contributed by atoms with Crippen LogP contribution in [0.15, 0.2) is 30.3 Å². The molecular formula is C21H34N2O. The van der Waals surface area contributed by atoms with E-state index in [4.69, 9.17) is 0 Å². The normalized spacial score (nSPS) is 31.3. The molecule has 2 unspecified atom stereocenters. The van der Waals surface area contributed by atoms with Gasteiger partial charge in [0.25, 0.3) is 0 Å². The van der Waals surface area contributed by atoms with Crippen LogP contribution in [-0.4, -0.2) is 54.2 Å². The average Bonchev–Trinajstić information content (AvgIpc) is 2.58. The second-order valence-electron chi connectivity index (χ2n) is 8.47. The van der Waals surface area contributed by atoms with Gasteiger partial charge in [0.1, 0.15) is 0 Å². The minimum absolute atomic E-state index is 0.181. The van der Waals surface area contributed by atoms with E-state index in [0.29, 0.717) is 5.92 Å². The molecule has 1 aliphatic carbocycles. The molecule has 1 saturated carbocycles. The molecule has 0 radical (unpaired) electrons. The largest absolute Gasteiger partial charge is 0.390 e. The summed E-state index contributed by atoms with van der Waals surface area (Å²) in [5.41, 5.74) is 1.11. The summed E-state index contributed by atoms with van der Waals surface area (Å²) in [4.78, 5) is 4.94. The van der Waals surface area contributed by atoms with Crippen molar-refractivity contribution >= 4 is 0 Å². The Kier molecular flexibility index (Phi) is 5.33. The molecule has 2 aliphatic rings. The van der Waals surface area contributed by atoms with Gasteiger partial charge in [-0.05, 0) is 45.8 Å². The predicted molar refractivity (Wildman–Crippen MR) is 100 cm³/mol. The van der Waals surface area contributed by atoms with Crippen LogP contribution in [0.3, 0.4) is 0 Å². The highest BCUT2D eigenvalue weighted by Gasteiger charge is 2.46. The minimum Gasteiger partial charge on any atom is -0.390 e. The second-order valence-corrected chi connectivity index (χ2v) is 8.47. The van der Waals surface area contributed by atoms with Crippen molar-refractivity contribution in [3.05, 3.63) is 35.9 Å². The first-order valence-electron chi connectivity index (χ1n) is 9.62. The zero-order valence-electron chi connectivity index (χ0n) is 15.7. The van der Waals surface area contributed by atoms with Gasteiger partial charge >= 0.3 is 0 Å². The van der Waals surface area contributed by atoms with E-state index in [9.17, 15) is 5.11 Å². The molecule has 1 aromatic rings. The first-order chi connectivity index (χ1) is 11.4. The molecule has 0 bridgehead atoms. The van der Waals surface area contributed by atoms with E-state index in [2.05, 4.69) is 54.2 Å². The van der Waals surface area contributed by atoms with E-state index in [-0.39, 0.29) is 5.54 Å². The van der Waals surface area contributed by atoms with Gasteiger partial charge in [0, 0.05) is 31.1 Å². The highest BCUT2D eigenvalue weighted by molar-refractivity contribution is 5.26. The van der Waals surface area contributed by atoms with E-state index in [1.165, 1.54) is 37.7 Å². The van der Waals surface area contributed by atoms with Gasteiger partial charge in [0.15, 0.2) is 0 Å². The Morgan fingerprint density at radius 1 is 1.08 bits per heavy atom. The molecule has 0 amide bonds. The van der Waals surface area contributed by atoms with E-state index in [0.717, 1.165) is 26.1 Å². The van der Waals surface area contributed by atoms with Gasteiger partial charge in [-0.1, -0.05) is 49.6 Å². The molecule has 1 aliphatic heterocycles. The van der Waals surface area contributed by atoms with Crippen LogP contribution < -0.4 is 0 Å². The van der Waals surface area contributed by atoms with E-state index in [1.54, 1.807) is 0 Å². The van der Waals surface area contributed by atoms with Crippen molar-refractivity contribution in [3.8, 4) is 0 Å². The van der Waals surface area contributed by atoms with Crippen LogP contribution in [0.25, 0.3) is 0 Å². The van der Waals surface area contributed by atoms with Crippen LogP contribution in [0.5, 0.6) is 0 Å². The molecule has 3 nitrogen and oxygen atoms in total. The minimum atomic E-state index is -0.548. The Balaban J connectivity index is 1.88. The number of aliphatic hydroxyl groups is 1. The van der Waals surface area contributed by atoms with Crippen LogP contribution in [0.4, 0.5) is 0 Å². The monoisotopic (exact) mass is 330 g/mol. The molecule has 3 heteroatoms. The lowest BCUT2D eigenvalue weighted by Crippen LogP contribution is -2.59. The standard InChI is InChI=1S/C21H34N2O/c1-20(24)14-15-23(17-19(20)16-22(2)3)21(12-8-5-9-13-21)18-10-6-4-7-11-18/h4,6-7,10-11,19,24H,5,8-9,12-17H2,1-3H3. The summed E-state index contributed by atoms with van der Waals surface area (Å²) < 4.78 is 0. The van der Waals surface area contributed by atoms with E-state index < -0.39 is 5.60 Å². The summed E-state index contributed by atoms with van der Waals surface area (Å²) in [6, 6.07) is 11.1. The molecule has 134 valence electrons. The van der Waals surface area contributed by atoms with Crippen molar-refractivity contribution in [2.45, 2.75) is 56.6 Å². The second kappa shape index (κ2) is 7.15. The third-order valence-electron chi connectivity index (χ3n) is 6.39. The van der Waals surface area contributed by atoms with Gasteiger partial charge in [-0.3, -0.25) is 4.90 Å². The zero-order chi connectivity index (χ0) is 17.2. The molecular weight excluding hydrogens is 296 g/mol. The highest BCUT2D eigenvalue weighted by atomic mass is 16.3. The fraction of sp³-hybridized carbons (Fsp3) is 0.714. The average molecular weight is 331 g/mol. The van der Waals surface area contributed by atoms with Crippen molar-refractivity contribution < 1.29 is 5.11 Å². The molecule has 3 rings (SSSR count). The third-order valence-corrected chi connectivity index (χ3v) is 6.39. The van der Waals surface area contributed by atoms with E-state index in [1.807, 2.05) is 6.92 Å². The zero-order valence-corrected chi connectivity index (χ0v) is 15.7. The van der Waals surface area contributed by atoms with Gasteiger partial charge < -0.3 is 10.0 Å². The summed E-state index contributed by atoms with van der Waals surface area (Å²) in [6.45, 7) is 4.99. The number of hydrogen-bond donors (Lipinski definition) is 1. The maximum atomic E-state index is 10.9. The highest BCUT2D eigenvalue weighted by Crippen LogP contribution is 2.45. The molecule has 1 heterocycles. The van der Waals surface area contributed by atoms with E-state index >= 15 is 0 Å². The summed E-state index contributed by atoms with van der Waals surface area (Å²) in [7, 11) is 4.23. The lowest BCUT2D eigenvalue weighted by molar-refractivity contribution is -0.0994. The van der Waals surface area contributed by atoms with Crippen LogP contribution in [-0.2, 0) is 5.54 Å². The van der Waals surface area contributed by atoms with Crippen molar-refractivity contribution in [1.82, 2.24) is 9.80 Å². The number of likely N-dealkylation sites (tertiary alicyclic amines) is 1. The number of piperidine rings is 1. The Morgan fingerprint density at radius 3 is 2.38 bits per heavy atom. The fourth-order valence-electron chi connectivity index (χ4n) is 4.88. The predicted octanol–water partition coefficient (Wildman–Crippen LogP) is 3.48. The fourth-order valence-corrected chi connectivity index (χ4v) is 4.88. The third kappa shape index (κ3) is 3.54. The smallest absolute Gasteiger partial charge is 0.0684 e. The summed E-state index contributed by atoms with van der Waals surface area (Å²) in [6.07, 6.45) is 7.39. The first kappa shape index (κ1) is 17.9. The van der Waals surface area contributed by atoms with Gasteiger partial charge in [-0.15, -0.1) is 0 Å². The number of nitrogens with zero attached hydrogens (tertiary/aromatic N) is 2. The topological polar surface area (TPSA) is 26.7 Å². The number of rotatable bonds is 4. The molecule has 0 aromatic heterocycles. The van der Waals surface area contributed by atoms with Crippen molar-refractivity contribution in [3.63, 3.8) is 0 Å². The van der Waals surface area contributed by atoms with Crippen molar-refractivity contribution in [1.29, 1.82) is 0 Å². The Bertz CT molecular complexity index is 520. The Morgan fingerprint density at radius 2 is 1.75 bits per heavy atom. The molecule has 0 spiro atoms. The van der Waals surface area contributed by atoms with Gasteiger partial charge in [0.05, 0.1) is 5.60 Å². The van der Waals surface area contributed by atoms with Crippen LogP contribution >= 0.6 is 0 Å². The lowest BCUT2D eigenvalue weighted by atomic mass is 9.72. The van der Waals surface area contributed by atoms with Gasteiger partial charge in [0.2, 0.25) is 0 Å². The lowest BCUT2D eigenvalue weighted by Gasteiger charge is -2.53. The molecule has 2 fully saturated rings. The summed E-state index contributed by atoms with van der Waals surface area (Å²) >= 11 is 0. The summed E-state index contributed by atoms with van der Waals surface area (Å²) in [5.74, 6) is 0.309. The van der Waals surface area contributed by atoms with Crippen molar-refractivity contribution in [2.75, 3.05) is 33.7 Å². The summed E-state index contributed by atoms with van der Waals surface area (Å²) in [5, 5.41) is 10.9.